The monoisotopic (exact) mass is 314 g/mol. The van der Waals surface area contributed by atoms with E-state index in [0.29, 0.717) is 30.9 Å². The minimum Gasteiger partial charge on any atom is -0.398 e. The highest BCUT2D eigenvalue weighted by Gasteiger charge is 2.25. The summed E-state index contributed by atoms with van der Waals surface area (Å²) in [6.07, 6.45) is -0.306. The zero-order valence-corrected chi connectivity index (χ0v) is 11.4. The molecular weight excluding hydrogens is 300 g/mol. The lowest BCUT2D eigenvalue weighted by Crippen LogP contribution is -2.47. The molecule has 0 spiro atoms. The summed E-state index contributed by atoms with van der Waals surface area (Å²) in [7, 11) is 0. The average Bonchev–Trinajstić information content (AvgIpc) is 2.38. The Bertz CT molecular complexity index is 453. The molecule has 6 heteroatoms. The maximum Gasteiger partial charge on any atom is 0.256 e. The summed E-state index contributed by atoms with van der Waals surface area (Å²) in [5.74, 6) is -0.123. The van der Waals surface area contributed by atoms with Crippen LogP contribution in [0.15, 0.2) is 22.7 Å². The van der Waals surface area contributed by atoms with Gasteiger partial charge in [-0.15, -0.1) is 0 Å². The fourth-order valence-electron chi connectivity index (χ4n) is 1.91. The number of rotatable bonds is 2. The van der Waals surface area contributed by atoms with Crippen molar-refractivity contribution in [3.05, 3.63) is 28.2 Å². The Morgan fingerprint density at radius 1 is 1.61 bits per heavy atom. The van der Waals surface area contributed by atoms with E-state index in [-0.39, 0.29) is 18.6 Å². The van der Waals surface area contributed by atoms with E-state index in [0.717, 1.165) is 4.47 Å². The Kier molecular flexibility index (Phi) is 4.21. The first-order valence-electron chi connectivity index (χ1n) is 5.68. The van der Waals surface area contributed by atoms with Crippen molar-refractivity contribution in [2.45, 2.75) is 6.10 Å². The number of nitrogen functional groups attached to an aromatic ring is 1. The summed E-state index contributed by atoms with van der Waals surface area (Å²) in [5.41, 5.74) is 6.77. The van der Waals surface area contributed by atoms with Crippen molar-refractivity contribution in [1.29, 1.82) is 0 Å². The molecule has 0 saturated carbocycles. The second-order valence-electron chi connectivity index (χ2n) is 4.16. The minimum absolute atomic E-state index is 0.0837. The molecule has 0 bridgehead atoms. The van der Waals surface area contributed by atoms with Crippen LogP contribution in [0.3, 0.4) is 0 Å². The third kappa shape index (κ3) is 2.82. The number of benzene rings is 1. The van der Waals surface area contributed by atoms with E-state index in [9.17, 15) is 4.79 Å². The Morgan fingerprint density at radius 2 is 2.39 bits per heavy atom. The molecule has 1 atom stereocenters. The molecule has 1 fully saturated rings. The van der Waals surface area contributed by atoms with Gasteiger partial charge in [-0.2, -0.15) is 0 Å². The second-order valence-corrected chi connectivity index (χ2v) is 5.07. The van der Waals surface area contributed by atoms with Crippen LogP contribution in [0.5, 0.6) is 0 Å². The number of hydrogen-bond donors (Lipinski definition) is 2. The molecule has 1 unspecified atom stereocenters. The van der Waals surface area contributed by atoms with E-state index in [2.05, 4.69) is 15.9 Å². The number of anilines is 1. The zero-order chi connectivity index (χ0) is 13.1. The van der Waals surface area contributed by atoms with Gasteiger partial charge in [0.05, 0.1) is 24.9 Å². The number of aliphatic hydroxyl groups excluding tert-OH is 1. The van der Waals surface area contributed by atoms with Gasteiger partial charge in [0, 0.05) is 23.2 Å². The molecule has 0 aliphatic carbocycles. The Balaban J connectivity index is 2.15. The van der Waals surface area contributed by atoms with Gasteiger partial charge in [-0.25, -0.2) is 0 Å². The van der Waals surface area contributed by atoms with E-state index < -0.39 is 0 Å². The number of aliphatic hydroxyl groups is 1. The van der Waals surface area contributed by atoms with E-state index in [4.69, 9.17) is 15.6 Å². The molecule has 0 aromatic heterocycles. The SMILES string of the molecule is Nc1cc(Br)ccc1C(=O)N1CCOC(CO)C1. The summed E-state index contributed by atoms with van der Waals surface area (Å²) in [6.45, 7) is 1.27. The zero-order valence-electron chi connectivity index (χ0n) is 9.80. The predicted octanol–water partition coefficient (Wildman–Crippen LogP) is 0.865. The summed E-state index contributed by atoms with van der Waals surface area (Å²) >= 11 is 3.30. The molecule has 98 valence electrons. The van der Waals surface area contributed by atoms with Gasteiger partial charge in [0.15, 0.2) is 0 Å². The van der Waals surface area contributed by atoms with Gasteiger partial charge in [0.1, 0.15) is 0 Å². The number of carbonyl (C=O) groups excluding carboxylic acids is 1. The number of halogens is 1. The average molecular weight is 315 g/mol. The quantitative estimate of drug-likeness (QED) is 0.794. The van der Waals surface area contributed by atoms with Gasteiger partial charge in [-0.3, -0.25) is 4.79 Å². The fraction of sp³-hybridized carbons (Fsp3) is 0.417. The first-order chi connectivity index (χ1) is 8.61. The molecule has 2 rings (SSSR count). The molecule has 1 heterocycles. The number of nitrogens with two attached hydrogens (primary N) is 1. The van der Waals surface area contributed by atoms with Gasteiger partial charge in [-0.1, -0.05) is 15.9 Å². The van der Waals surface area contributed by atoms with Crippen molar-refractivity contribution < 1.29 is 14.6 Å². The van der Waals surface area contributed by atoms with Gasteiger partial charge >= 0.3 is 0 Å². The summed E-state index contributed by atoms with van der Waals surface area (Å²) < 4.78 is 6.15. The van der Waals surface area contributed by atoms with Gasteiger partial charge in [0.2, 0.25) is 0 Å². The third-order valence-corrected chi connectivity index (χ3v) is 3.37. The van der Waals surface area contributed by atoms with Crippen LogP contribution in [0.2, 0.25) is 0 Å². The predicted molar refractivity (Wildman–Crippen MR) is 71.3 cm³/mol. The second kappa shape index (κ2) is 5.69. The van der Waals surface area contributed by atoms with E-state index >= 15 is 0 Å². The molecular formula is C12H15BrN2O3. The standard InChI is InChI=1S/C12H15BrN2O3/c13-8-1-2-10(11(14)5-8)12(17)15-3-4-18-9(6-15)7-16/h1-2,5,9,16H,3-4,6-7,14H2. The summed E-state index contributed by atoms with van der Waals surface area (Å²) in [5, 5.41) is 9.06. The van der Waals surface area contributed by atoms with Gasteiger partial charge in [0.25, 0.3) is 5.91 Å². The number of amides is 1. The first-order valence-corrected chi connectivity index (χ1v) is 6.48. The van der Waals surface area contributed by atoms with Crippen LogP contribution in [0.4, 0.5) is 5.69 Å². The van der Waals surface area contributed by atoms with E-state index in [1.54, 1.807) is 23.1 Å². The van der Waals surface area contributed by atoms with Crippen LogP contribution in [-0.4, -0.2) is 48.3 Å². The normalized spacial score (nSPS) is 19.9. The van der Waals surface area contributed by atoms with Crippen molar-refractivity contribution in [2.75, 3.05) is 32.0 Å². The Labute approximate surface area is 114 Å². The largest absolute Gasteiger partial charge is 0.398 e. The highest BCUT2D eigenvalue weighted by Crippen LogP contribution is 2.21. The van der Waals surface area contributed by atoms with Crippen LogP contribution in [0.25, 0.3) is 0 Å². The van der Waals surface area contributed by atoms with Crippen LogP contribution in [0.1, 0.15) is 10.4 Å². The molecule has 18 heavy (non-hydrogen) atoms. The lowest BCUT2D eigenvalue weighted by molar-refractivity contribution is -0.0447. The number of morpholine rings is 1. The van der Waals surface area contributed by atoms with Crippen molar-refractivity contribution >= 4 is 27.5 Å². The topological polar surface area (TPSA) is 75.8 Å². The lowest BCUT2D eigenvalue weighted by atomic mass is 10.1. The van der Waals surface area contributed by atoms with Crippen LogP contribution in [-0.2, 0) is 4.74 Å². The molecule has 1 aliphatic rings. The summed E-state index contributed by atoms with van der Waals surface area (Å²) in [6, 6.07) is 5.19. The van der Waals surface area contributed by atoms with Crippen LogP contribution < -0.4 is 5.73 Å². The smallest absolute Gasteiger partial charge is 0.256 e. The molecule has 0 radical (unpaired) electrons. The molecule has 1 saturated heterocycles. The molecule has 1 aliphatic heterocycles. The number of hydrogen-bond acceptors (Lipinski definition) is 4. The van der Waals surface area contributed by atoms with Crippen molar-refractivity contribution in [1.82, 2.24) is 4.90 Å². The van der Waals surface area contributed by atoms with Crippen molar-refractivity contribution in [3.8, 4) is 0 Å². The van der Waals surface area contributed by atoms with Crippen LogP contribution in [0, 0.1) is 0 Å². The highest BCUT2D eigenvalue weighted by molar-refractivity contribution is 9.10. The molecule has 1 aromatic rings. The first kappa shape index (κ1) is 13.3. The Morgan fingerprint density at radius 3 is 3.06 bits per heavy atom. The lowest BCUT2D eigenvalue weighted by Gasteiger charge is -2.32. The van der Waals surface area contributed by atoms with Crippen LogP contribution >= 0.6 is 15.9 Å². The van der Waals surface area contributed by atoms with Gasteiger partial charge < -0.3 is 20.5 Å². The maximum absolute atomic E-state index is 12.3. The van der Waals surface area contributed by atoms with Gasteiger partial charge in [-0.05, 0) is 18.2 Å². The molecule has 1 amide bonds. The molecule has 1 aromatic carbocycles. The number of nitrogens with zero attached hydrogens (tertiary/aromatic N) is 1. The summed E-state index contributed by atoms with van der Waals surface area (Å²) in [4.78, 5) is 13.9. The van der Waals surface area contributed by atoms with E-state index in [1.165, 1.54) is 0 Å². The highest BCUT2D eigenvalue weighted by atomic mass is 79.9. The molecule has 3 N–H and O–H groups in total. The minimum atomic E-state index is -0.306. The maximum atomic E-state index is 12.3. The number of ether oxygens (including phenoxy) is 1. The van der Waals surface area contributed by atoms with Crippen molar-refractivity contribution in [3.63, 3.8) is 0 Å². The Hall–Kier alpha value is -1.11. The third-order valence-electron chi connectivity index (χ3n) is 2.87. The number of carbonyl (C=O) groups is 1. The van der Waals surface area contributed by atoms with Crippen molar-refractivity contribution in [2.24, 2.45) is 0 Å². The fourth-order valence-corrected chi connectivity index (χ4v) is 2.29. The van der Waals surface area contributed by atoms with E-state index in [1.807, 2.05) is 0 Å². The molecule has 5 nitrogen and oxygen atoms in total.